The highest BCUT2D eigenvalue weighted by atomic mass is 32.2. The third-order valence-corrected chi connectivity index (χ3v) is 6.02. The standard InChI is InChI=1S/C17H17F3O2S/c18-17(19,20)11-1-3-15(4-2-11)23-10-16(5-6-16)12-7-13(21)9-14(22)8-12/h1-4,9,12,21H,5-8,10H2. The molecule has 0 aliphatic heterocycles. The van der Waals surface area contributed by atoms with E-state index in [1.165, 1.54) is 30.0 Å². The molecular weight excluding hydrogens is 325 g/mol. The van der Waals surface area contributed by atoms with Crippen molar-refractivity contribution >= 4 is 17.5 Å². The first-order chi connectivity index (χ1) is 10.8. The van der Waals surface area contributed by atoms with Gasteiger partial charge in [0.25, 0.3) is 0 Å². The molecule has 23 heavy (non-hydrogen) atoms. The van der Waals surface area contributed by atoms with Gasteiger partial charge in [-0.05, 0) is 48.4 Å². The Labute approximate surface area is 136 Å². The third-order valence-electron chi connectivity index (χ3n) is 4.70. The highest BCUT2D eigenvalue weighted by Crippen LogP contribution is 2.58. The van der Waals surface area contributed by atoms with Gasteiger partial charge in [0.15, 0.2) is 5.78 Å². The van der Waals surface area contributed by atoms with Gasteiger partial charge in [0.05, 0.1) is 11.3 Å². The number of aliphatic hydroxyl groups excluding tert-OH is 1. The van der Waals surface area contributed by atoms with Gasteiger partial charge in [-0.15, -0.1) is 11.8 Å². The number of alkyl halides is 3. The molecule has 1 atom stereocenters. The molecule has 1 fully saturated rings. The average molecular weight is 342 g/mol. The zero-order valence-corrected chi connectivity index (χ0v) is 13.2. The number of thioether (sulfide) groups is 1. The van der Waals surface area contributed by atoms with Crippen molar-refractivity contribution in [3.8, 4) is 0 Å². The van der Waals surface area contributed by atoms with Crippen LogP contribution in [0.3, 0.4) is 0 Å². The quantitative estimate of drug-likeness (QED) is 0.783. The number of carbonyl (C=O) groups is 1. The van der Waals surface area contributed by atoms with E-state index in [1.807, 2.05) is 0 Å². The summed E-state index contributed by atoms with van der Waals surface area (Å²) in [6, 6.07) is 5.18. The number of rotatable bonds is 4. The maximum absolute atomic E-state index is 12.6. The Morgan fingerprint density at radius 2 is 1.83 bits per heavy atom. The average Bonchev–Trinajstić information content (AvgIpc) is 3.25. The molecule has 2 aliphatic carbocycles. The first kappa shape index (κ1) is 16.4. The molecule has 1 unspecified atom stereocenters. The predicted octanol–water partition coefficient (Wildman–Crippen LogP) is 5.00. The van der Waals surface area contributed by atoms with E-state index in [2.05, 4.69) is 0 Å². The van der Waals surface area contributed by atoms with Gasteiger partial charge in [-0.3, -0.25) is 4.79 Å². The second-order valence-corrected chi connectivity index (χ2v) is 7.43. The molecule has 6 heteroatoms. The topological polar surface area (TPSA) is 37.3 Å². The third kappa shape index (κ3) is 3.74. The van der Waals surface area contributed by atoms with Gasteiger partial charge in [0.1, 0.15) is 0 Å². The van der Waals surface area contributed by atoms with Crippen molar-refractivity contribution < 1.29 is 23.1 Å². The van der Waals surface area contributed by atoms with Crippen LogP contribution in [0.2, 0.25) is 0 Å². The molecule has 0 bridgehead atoms. The number of allylic oxidation sites excluding steroid dienone is 2. The zero-order valence-electron chi connectivity index (χ0n) is 12.4. The molecule has 124 valence electrons. The Morgan fingerprint density at radius 3 is 2.35 bits per heavy atom. The van der Waals surface area contributed by atoms with Crippen LogP contribution in [0.5, 0.6) is 0 Å². The van der Waals surface area contributed by atoms with E-state index in [0.29, 0.717) is 12.8 Å². The molecule has 1 aromatic carbocycles. The second-order valence-electron chi connectivity index (χ2n) is 6.38. The first-order valence-corrected chi connectivity index (χ1v) is 8.49. The van der Waals surface area contributed by atoms with Crippen molar-refractivity contribution in [2.45, 2.75) is 36.8 Å². The molecule has 0 amide bonds. The smallest absolute Gasteiger partial charge is 0.416 e. The maximum Gasteiger partial charge on any atom is 0.416 e. The van der Waals surface area contributed by atoms with E-state index in [4.69, 9.17) is 0 Å². The summed E-state index contributed by atoms with van der Waals surface area (Å²) in [6.07, 6.45) is -0.0164. The molecule has 1 aromatic rings. The van der Waals surface area contributed by atoms with Crippen LogP contribution < -0.4 is 0 Å². The second kappa shape index (κ2) is 5.89. The summed E-state index contributed by atoms with van der Waals surface area (Å²) in [4.78, 5) is 12.4. The first-order valence-electron chi connectivity index (χ1n) is 7.51. The Morgan fingerprint density at radius 1 is 1.17 bits per heavy atom. The van der Waals surface area contributed by atoms with Crippen molar-refractivity contribution in [1.82, 2.24) is 0 Å². The fraction of sp³-hybridized carbons (Fsp3) is 0.471. The number of hydrogen-bond donors (Lipinski definition) is 1. The van der Waals surface area contributed by atoms with Gasteiger partial charge >= 0.3 is 6.18 Å². The minimum atomic E-state index is -4.31. The highest BCUT2D eigenvalue weighted by molar-refractivity contribution is 7.99. The molecule has 0 radical (unpaired) electrons. The molecule has 1 saturated carbocycles. The lowest BCUT2D eigenvalue weighted by atomic mass is 9.80. The fourth-order valence-electron chi connectivity index (χ4n) is 3.10. The number of halogens is 3. The molecule has 2 nitrogen and oxygen atoms in total. The van der Waals surface area contributed by atoms with Crippen molar-refractivity contribution in [1.29, 1.82) is 0 Å². The van der Waals surface area contributed by atoms with Gasteiger partial charge in [-0.1, -0.05) is 0 Å². The van der Waals surface area contributed by atoms with Gasteiger partial charge in [-0.25, -0.2) is 0 Å². The van der Waals surface area contributed by atoms with Crippen molar-refractivity contribution in [3.63, 3.8) is 0 Å². The SMILES string of the molecule is O=C1C=C(O)CC(C2(CSc3ccc(C(F)(F)F)cc3)CC2)C1. The number of aliphatic hydroxyl groups is 1. The monoisotopic (exact) mass is 342 g/mol. The highest BCUT2D eigenvalue weighted by Gasteiger charge is 2.50. The molecule has 3 rings (SSSR count). The van der Waals surface area contributed by atoms with Gasteiger partial charge in [0, 0.05) is 29.6 Å². The van der Waals surface area contributed by atoms with Crippen molar-refractivity contribution in [2.24, 2.45) is 11.3 Å². The summed E-state index contributed by atoms with van der Waals surface area (Å²) in [5.41, 5.74) is -0.610. The van der Waals surface area contributed by atoms with E-state index >= 15 is 0 Å². The number of ketones is 1. The van der Waals surface area contributed by atoms with Crippen LogP contribution in [0.25, 0.3) is 0 Å². The van der Waals surface area contributed by atoms with E-state index in [9.17, 15) is 23.1 Å². The number of benzene rings is 1. The van der Waals surface area contributed by atoms with Crippen molar-refractivity contribution in [2.75, 3.05) is 5.75 Å². The van der Waals surface area contributed by atoms with E-state index in [-0.39, 0.29) is 22.9 Å². The summed E-state index contributed by atoms with van der Waals surface area (Å²) in [5, 5.41) is 9.66. The summed E-state index contributed by atoms with van der Waals surface area (Å²) < 4.78 is 37.7. The van der Waals surface area contributed by atoms with E-state index < -0.39 is 11.7 Å². The normalized spacial score (nSPS) is 23.5. The minimum absolute atomic E-state index is 0.0330. The van der Waals surface area contributed by atoms with E-state index in [0.717, 1.165) is 35.6 Å². The molecule has 2 aliphatic rings. The Hall–Kier alpha value is -1.43. The van der Waals surface area contributed by atoms with Crippen LogP contribution in [-0.4, -0.2) is 16.6 Å². The lowest BCUT2D eigenvalue weighted by Crippen LogP contribution is -2.25. The summed E-state index contributed by atoms with van der Waals surface area (Å²) >= 11 is 1.53. The van der Waals surface area contributed by atoms with Gasteiger partial charge in [0.2, 0.25) is 0 Å². The fourth-order valence-corrected chi connectivity index (χ4v) is 4.41. The maximum atomic E-state index is 12.6. The molecule has 0 spiro atoms. The largest absolute Gasteiger partial charge is 0.512 e. The van der Waals surface area contributed by atoms with Crippen molar-refractivity contribution in [3.05, 3.63) is 41.7 Å². The molecule has 0 aromatic heterocycles. The minimum Gasteiger partial charge on any atom is -0.512 e. The molecule has 0 saturated heterocycles. The number of carbonyl (C=O) groups excluding carboxylic acids is 1. The number of hydrogen-bond acceptors (Lipinski definition) is 3. The van der Waals surface area contributed by atoms with E-state index in [1.54, 1.807) is 0 Å². The van der Waals surface area contributed by atoms with Crippen LogP contribution in [0.1, 0.15) is 31.2 Å². The molecular formula is C17H17F3O2S. The Balaban J connectivity index is 1.62. The van der Waals surface area contributed by atoms with Gasteiger partial charge in [-0.2, -0.15) is 13.2 Å². The predicted molar refractivity (Wildman–Crippen MR) is 82.3 cm³/mol. The molecule has 0 heterocycles. The summed E-state index contributed by atoms with van der Waals surface area (Å²) in [7, 11) is 0. The van der Waals surface area contributed by atoms with Crippen LogP contribution in [0.4, 0.5) is 13.2 Å². The summed E-state index contributed by atoms with van der Waals surface area (Å²) in [5.74, 6) is 1.02. The lowest BCUT2D eigenvalue weighted by molar-refractivity contribution is -0.137. The zero-order chi connectivity index (χ0) is 16.7. The Bertz CT molecular complexity index is 630. The Kier molecular flexibility index (Phi) is 4.21. The van der Waals surface area contributed by atoms with Crippen LogP contribution >= 0.6 is 11.8 Å². The molecule has 1 N–H and O–H groups in total. The van der Waals surface area contributed by atoms with Crippen LogP contribution in [0, 0.1) is 11.3 Å². The lowest BCUT2D eigenvalue weighted by Gasteiger charge is -2.28. The van der Waals surface area contributed by atoms with Crippen LogP contribution in [-0.2, 0) is 11.0 Å². The van der Waals surface area contributed by atoms with Crippen LogP contribution in [0.15, 0.2) is 41.0 Å². The summed E-state index contributed by atoms with van der Waals surface area (Å²) in [6.45, 7) is 0. The van der Waals surface area contributed by atoms with Gasteiger partial charge < -0.3 is 5.11 Å².